The van der Waals surface area contributed by atoms with Crippen molar-refractivity contribution in [1.29, 1.82) is 0 Å². The zero-order valence-corrected chi connectivity index (χ0v) is 11.6. The van der Waals surface area contributed by atoms with Crippen molar-refractivity contribution in [3.05, 3.63) is 23.0 Å². The van der Waals surface area contributed by atoms with Crippen LogP contribution < -0.4 is 10.5 Å². The second kappa shape index (κ2) is 6.49. The second-order valence-electron chi connectivity index (χ2n) is 3.77. The number of methoxy groups -OCH3 is 1. The van der Waals surface area contributed by atoms with Crippen LogP contribution in [0.1, 0.15) is 0 Å². The van der Waals surface area contributed by atoms with Gasteiger partial charge in [-0.1, -0.05) is 11.6 Å². The average molecular weight is 313 g/mol. The Morgan fingerprint density at radius 2 is 2.21 bits per heavy atom. The minimum Gasteiger partial charge on any atom is -0.396 e. The quantitative estimate of drug-likeness (QED) is 0.658. The molecule has 0 aliphatic heterocycles. The van der Waals surface area contributed by atoms with Gasteiger partial charge in [0.15, 0.2) is 0 Å². The summed E-state index contributed by atoms with van der Waals surface area (Å²) >= 11 is 5.66. The minimum absolute atomic E-state index is 0.0260. The Labute approximate surface area is 115 Å². The van der Waals surface area contributed by atoms with E-state index in [0.717, 1.165) is 12.1 Å². The summed E-state index contributed by atoms with van der Waals surface area (Å²) < 4.78 is 43.7. The van der Waals surface area contributed by atoms with Gasteiger partial charge >= 0.3 is 0 Å². The molecule has 0 saturated heterocycles. The molecule has 19 heavy (non-hydrogen) atoms. The Hall–Kier alpha value is -0.930. The summed E-state index contributed by atoms with van der Waals surface area (Å²) in [5.74, 6) is -0.802. The number of ether oxygens (including phenoxy) is 1. The highest BCUT2D eigenvalue weighted by molar-refractivity contribution is 7.89. The summed E-state index contributed by atoms with van der Waals surface area (Å²) in [6, 6.07) is 1.74. The summed E-state index contributed by atoms with van der Waals surface area (Å²) in [5.41, 5.74) is 4.96. The normalized spacial score (nSPS) is 13.5. The average Bonchev–Trinajstić information content (AvgIpc) is 2.31. The minimum atomic E-state index is -3.99. The summed E-state index contributed by atoms with van der Waals surface area (Å²) in [6.07, 6.45) is -1.00. The lowest BCUT2D eigenvalue weighted by molar-refractivity contribution is 0.0679. The van der Waals surface area contributed by atoms with Crippen molar-refractivity contribution in [3.8, 4) is 0 Å². The predicted molar refractivity (Wildman–Crippen MR) is 68.9 cm³/mol. The van der Waals surface area contributed by atoms with Gasteiger partial charge in [0.2, 0.25) is 10.0 Å². The maximum absolute atomic E-state index is 13.1. The SMILES string of the molecule is COCC(O)CNS(=O)(=O)c1cc(N)c(F)cc1Cl. The molecule has 0 spiro atoms. The third-order valence-electron chi connectivity index (χ3n) is 2.21. The Balaban J connectivity index is 2.92. The van der Waals surface area contributed by atoms with Gasteiger partial charge in [-0.15, -0.1) is 0 Å². The molecule has 0 bridgehead atoms. The van der Waals surface area contributed by atoms with Crippen molar-refractivity contribution in [2.45, 2.75) is 11.0 Å². The van der Waals surface area contributed by atoms with Crippen LogP contribution in [0.15, 0.2) is 17.0 Å². The zero-order valence-electron chi connectivity index (χ0n) is 10.1. The van der Waals surface area contributed by atoms with Crippen LogP contribution in [-0.4, -0.2) is 39.9 Å². The van der Waals surface area contributed by atoms with Gasteiger partial charge in [0.1, 0.15) is 10.7 Å². The first-order chi connectivity index (χ1) is 8.77. The number of aliphatic hydroxyl groups excluding tert-OH is 1. The van der Waals surface area contributed by atoms with Crippen molar-refractivity contribution in [2.24, 2.45) is 0 Å². The van der Waals surface area contributed by atoms with Gasteiger partial charge in [-0.3, -0.25) is 0 Å². The van der Waals surface area contributed by atoms with Crippen LogP contribution >= 0.6 is 11.6 Å². The fourth-order valence-corrected chi connectivity index (χ4v) is 2.91. The van der Waals surface area contributed by atoms with E-state index in [2.05, 4.69) is 9.46 Å². The molecule has 0 amide bonds. The molecule has 1 aromatic carbocycles. The van der Waals surface area contributed by atoms with Crippen molar-refractivity contribution in [1.82, 2.24) is 4.72 Å². The number of nitrogens with one attached hydrogen (secondary N) is 1. The molecule has 1 atom stereocenters. The van der Waals surface area contributed by atoms with E-state index in [1.165, 1.54) is 7.11 Å². The van der Waals surface area contributed by atoms with E-state index in [1.54, 1.807) is 0 Å². The molecule has 108 valence electrons. The van der Waals surface area contributed by atoms with E-state index in [0.29, 0.717) is 0 Å². The molecule has 0 fully saturated rings. The number of nitrogens with two attached hydrogens (primary N) is 1. The molecule has 1 rings (SSSR count). The number of hydrogen-bond acceptors (Lipinski definition) is 5. The molecule has 6 nitrogen and oxygen atoms in total. The zero-order chi connectivity index (χ0) is 14.6. The molecule has 0 saturated carbocycles. The van der Waals surface area contributed by atoms with E-state index < -0.39 is 21.9 Å². The number of sulfonamides is 1. The molecule has 0 aliphatic carbocycles. The van der Waals surface area contributed by atoms with E-state index in [1.807, 2.05) is 0 Å². The molecule has 0 heterocycles. The first-order valence-electron chi connectivity index (χ1n) is 5.19. The Morgan fingerprint density at radius 1 is 1.58 bits per heavy atom. The van der Waals surface area contributed by atoms with Crippen molar-refractivity contribution in [2.75, 3.05) is 26.0 Å². The smallest absolute Gasteiger partial charge is 0.242 e. The third kappa shape index (κ3) is 4.29. The number of rotatable bonds is 6. The number of hydrogen-bond donors (Lipinski definition) is 3. The van der Waals surface area contributed by atoms with Crippen LogP contribution in [0.5, 0.6) is 0 Å². The molecule has 9 heteroatoms. The first kappa shape index (κ1) is 16.1. The Bertz CT molecular complexity index is 553. The van der Waals surface area contributed by atoms with Gasteiger partial charge in [0.05, 0.1) is 23.4 Å². The first-order valence-corrected chi connectivity index (χ1v) is 7.05. The topological polar surface area (TPSA) is 102 Å². The number of aliphatic hydroxyl groups is 1. The predicted octanol–water partition coefficient (Wildman–Crippen LogP) is 0.347. The Morgan fingerprint density at radius 3 is 2.79 bits per heavy atom. The number of halogens is 2. The fourth-order valence-electron chi connectivity index (χ4n) is 1.29. The van der Waals surface area contributed by atoms with Crippen molar-refractivity contribution in [3.63, 3.8) is 0 Å². The Kier molecular flexibility index (Phi) is 5.50. The molecule has 0 aromatic heterocycles. The van der Waals surface area contributed by atoms with Crippen molar-refractivity contribution < 1.29 is 22.7 Å². The summed E-state index contributed by atoms with van der Waals surface area (Å²) in [7, 11) is -2.62. The summed E-state index contributed by atoms with van der Waals surface area (Å²) in [4.78, 5) is -0.349. The van der Waals surface area contributed by atoms with Gasteiger partial charge in [0, 0.05) is 13.7 Å². The van der Waals surface area contributed by atoms with Gasteiger partial charge in [-0.25, -0.2) is 17.5 Å². The molecule has 0 radical (unpaired) electrons. The highest BCUT2D eigenvalue weighted by atomic mass is 35.5. The van der Waals surface area contributed by atoms with Crippen LogP contribution in [0.4, 0.5) is 10.1 Å². The van der Waals surface area contributed by atoms with E-state index in [-0.39, 0.29) is 28.8 Å². The van der Waals surface area contributed by atoms with Gasteiger partial charge < -0.3 is 15.6 Å². The second-order valence-corrected chi connectivity index (χ2v) is 5.91. The van der Waals surface area contributed by atoms with Crippen LogP contribution in [0, 0.1) is 5.82 Å². The van der Waals surface area contributed by atoms with Crippen LogP contribution in [-0.2, 0) is 14.8 Å². The lowest BCUT2D eigenvalue weighted by Gasteiger charge is -2.12. The maximum Gasteiger partial charge on any atom is 0.242 e. The van der Waals surface area contributed by atoms with E-state index in [4.69, 9.17) is 17.3 Å². The lowest BCUT2D eigenvalue weighted by atomic mass is 10.3. The number of nitrogen functional groups attached to an aromatic ring is 1. The molecule has 1 unspecified atom stereocenters. The standard InChI is InChI=1S/C10H14ClFN2O4S/c1-18-5-6(15)4-14-19(16,17)10-3-9(13)8(12)2-7(10)11/h2-3,6,14-15H,4-5,13H2,1H3. The van der Waals surface area contributed by atoms with Crippen LogP contribution in [0.2, 0.25) is 5.02 Å². The van der Waals surface area contributed by atoms with Crippen LogP contribution in [0.3, 0.4) is 0 Å². The largest absolute Gasteiger partial charge is 0.396 e. The lowest BCUT2D eigenvalue weighted by Crippen LogP contribution is -2.34. The van der Waals surface area contributed by atoms with E-state index >= 15 is 0 Å². The fraction of sp³-hybridized carbons (Fsp3) is 0.400. The van der Waals surface area contributed by atoms with E-state index in [9.17, 15) is 17.9 Å². The highest BCUT2D eigenvalue weighted by Gasteiger charge is 2.21. The van der Waals surface area contributed by atoms with Gasteiger partial charge in [0.25, 0.3) is 0 Å². The summed E-state index contributed by atoms with van der Waals surface area (Å²) in [6.45, 7) is -0.286. The van der Waals surface area contributed by atoms with Crippen molar-refractivity contribution >= 4 is 27.3 Å². The maximum atomic E-state index is 13.1. The highest BCUT2D eigenvalue weighted by Crippen LogP contribution is 2.26. The van der Waals surface area contributed by atoms with Crippen LogP contribution in [0.25, 0.3) is 0 Å². The molecular weight excluding hydrogens is 299 g/mol. The molecular formula is C10H14ClFN2O4S. The molecule has 0 aliphatic rings. The number of anilines is 1. The molecule has 1 aromatic rings. The number of benzene rings is 1. The summed E-state index contributed by atoms with van der Waals surface area (Å²) in [5, 5.41) is 9.07. The van der Waals surface area contributed by atoms with Gasteiger partial charge in [-0.05, 0) is 12.1 Å². The third-order valence-corrected chi connectivity index (χ3v) is 4.10. The van der Waals surface area contributed by atoms with Gasteiger partial charge in [-0.2, -0.15) is 0 Å². The molecule has 4 N–H and O–H groups in total. The monoisotopic (exact) mass is 312 g/mol.